The highest BCUT2D eigenvalue weighted by atomic mass is 35.5. The summed E-state index contributed by atoms with van der Waals surface area (Å²) in [7, 11) is -3.63. The summed E-state index contributed by atoms with van der Waals surface area (Å²) in [4.78, 5) is 4.02. The van der Waals surface area contributed by atoms with E-state index in [1.54, 1.807) is 24.4 Å². The second kappa shape index (κ2) is 5.26. The molecule has 5 nitrogen and oxygen atoms in total. The SMILES string of the molecule is CCCCNS(=O)(=O)c1c(Cl)nc2ccccn12. The van der Waals surface area contributed by atoms with Gasteiger partial charge in [0.15, 0.2) is 10.2 Å². The van der Waals surface area contributed by atoms with Crippen LogP contribution < -0.4 is 4.72 Å². The van der Waals surface area contributed by atoms with Crippen LogP contribution >= 0.6 is 11.6 Å². The number of rotatable bonds is 5. The first-order valence-corrected chi connectivity index (χ1v) is 7.54. The minimum absolute atomic E-state index is 0.00382. The summed E-state index contributed by atoms with van der Waals surface area (Å²) < 4.78 is 28.3. The molecule has 18 heavy (non-hydrogen) atoms. The topological polar surface area (TPSA) is 63.5 Å². The Morgan fingerprint density at radius 2 is 2.22 bits per heavy atom. The van der Waals surface area contributed by atoms with E-state index < -0.39 is 10.0 Å². The van der Waals surface area contributed by atoms with Gasteiger partial charge in [0.05, 0.1) is 0 Å². The quantitative estimate of drug-likeness (QED) is 0.856. The Hall–Kier alpha value is -1.11. The van der Waals surface area contributed by atoms with Gasteiger partial charge in [0.2, 0.25) is 0 Å². The van der Waals surface area contributed by atoms with E-state index in [4.69, 9.17) is 11.6 Å². The molecule has 0 amide bonds. The van der Waals surface area contributed by atoms with Crippen LogP contribution in [0, 0.1) is 0 Å². The number of imidazole rings is 1. The summed E-state index contributed by atoms with van der Waals surface area (Å²) in [6, 6.07) is 5.21. The maximum absolute atomic E-state index is 12.1. The van der Waals surface area contributed by atoms with Crippen LogP contribution in [0.2, 0.25) is 5.15 Å². The molecule has 0 saturated heterocycles. The normalized spacial score (nSPS) is 12.1. The molecular formula is C11H14ClN3O2S. The van der Waals surface area contributed by atoms with Crippen molar-refractivity contribution in [2.75, 3.05) is 6.54 Å². The van der Waals surface area contributed by atoms with Crippen LogP contribution in [-0.4, -0.2) is 24.3 Å². The van der Waals surface area contributed by atoms with Crippen LogP contribution in [-0.2, 0) is 10.0 Å². The second-order valence-corrected chi connectivity index (χ2v) is 5.93. The van der Waals surface area contributed by atoms with E-state index >= 15 is 0 Å². The molecular weight excluding hydrogens is 274 g/mol. The average Bonchev–Trinajstić information content (AvgIpc) is 2.65. The zero-order valence-electron chi connectivity index (χ0n) is 9.93. The molecule has 0 saturated carbocycles. The fourth-order valence-electron chi connectivity index (χ4n) is 1.64. The van der Waals surface area contributed by atoms with Crippen molar-refractivity contribution in [1.29, 1.82) is 0 Å². The summed E-state index contributed by atoms with van der Waals surface area (Å²) in [5.41, 5.74) is 0.512. The molecule has 0 unspecified atom stereocenters. The third-order valence-corrected chi connectivity index (χ3v) is 4.38. The smallest absolute Gasteiger partial charge is 0.259 e. The Morgan fingerprint density at radius 3 is 2.94 bits per heavy atom. The van der Waals surface area contributed by atoms with Crippen molar-refractivity contribution in [3.05, 3.63) is 29.5 Å². The molecule has 2 aromatic rings. The van der Waals surface area contributed by atoms with Crippen LogP contribution in [0.3, 0.4) is 0 Å². The summed E-state index contributed by atoms with van der Waals surface area (Å²) in [5.74, 6) is 0. The maximum atomic E-state index is 12.1. The predicted molar refractivity (Wildman–Crippen MR) is 70.3 cm³/mol. The van der Waals surface area contributed by atoms with Crippen molar-refractivity contribution in [2.45, 2.75) is 24.8 Å². The average molecular weight is 288 g/mol. The monoisotopic (exact) mass is 287 g/mol. The lowest BCUT2D eigenvalue weighted by Gasteiger charge is -2.06. The molecule has 2 heterocycles. The number of aromatic nitrogens is 2. The van der Waals surface area contributed by atoms with Crippen molar-refractivity contribution in [1.82, 2.24) is 14.1 Å². The zero-order valence-corrected chi connectivity index (χ0v) is 11.5. The van der Waals surface area contributed by atoms with Crippen molar-refractivity contribution >= 4 is 27.3 Å². The number of nitrogens with one attached hydrogen (secondary N) is 1. The fourth-order valence-corrected chi connectivity index (χ4v) is 3.35. The number of hydrogen-bond acceptors (Lipinski definition) is 3. The highest BCUT2D eigenvalue weighted by Crippen LogP contribution is 2.22. The number of hydrogen-bond donors (Lipinski definition) is 1. The number of nitrogens with zero attached hydrogens (tertiary/aromatic N) is 2. The molecule has 0 fully saturated rings. The molecule has 0 aliphatic carbocycles. The molecule has 0 spiro atoms. The first-order valence-electron chi connectivity index (χ1n) is 5.68. The van der Waals surface area contributed by atoms with Gasteiger partial charge in [0, 0.05) is 12.7 Å². The number of sulfonamides is 1. The van der Waals surface area contributed by atoms with E-state index in [0.29, 0.717) is 12.2 Å². The van der Waals surface area contributed by atoms with Gasteiger partial charge in [0.1, 0.15) is 5.65 Å². The van der Waals surface area contributed by atoms with Gasteiger partial charge in [0.25, 0.3) is 10.0 Å². The Kier molecular flexibility index (Phi) is 3.89. The Balaban J connectivity index is 2.43. The molecule has 2 aromatic heterocycles. The molecule has 0 radical (unpaired) electrons. The predicted octanol–water partition coefficient (Wildman–Crippen LogP) is 2.07. The number of pyridine rings is 1. The van der Waals surface area contributed by atoms with Gasteiger partial charge in [-0.05, 0) is 18.6 Å². The van der Waals surface area contributed by atoms with Crippen LogP contribution in [0.25, 0.3) is 5.65 Å². The number of fused-ring (bicyclic) bond motifs is 1. The van der Waals surface area contributed by atoms with Crippen molar-refractivity contribution in [3.8, 4) is 0 Å². The van der Waals surface area contributed by atoms with Crippen LogP contribution in [0.15, 0.2) is 29.4 Å². The van der Waals surface area contributed by atoms with Crippen LogP contribution in [0.5, 0.6) is 0 Å². The standard InChI is InChI=1S/C11H14ClN3O2S/c1-2-3-7-13-18(16,17)11-10(12)14-9-6-4-5-8-15(9)11/h4-6,8,13H,2-3,7H2,1H3. The third kappa shape index (κ3) is 2.50. The molecule has 0 aliphatic heterocycles. The summed E-state index contributed by atoms with van der Waals surface area (Å²) >= 11 is 5.91. The fraction of sp³-hybridized carbons (Fsp3) is 0.364. The third-order valence-electron chi connectivity index (χ3n) is 2.52. The lowest BCUT2D eigenvalue weighted by Crippen LogP contribution is -2.26. The minimum Gasteiger partial charge on any atom is -0.288 e. The summed E-state index contributed by atoms with van der Waals surface area (Å²) in [6.07, 6.45) is 3.33. The van der Waals surface area contributed by atoms with Crippen molar-refractivity contribution in [2.24, 2.45) is 0 Å². The zero-order chi connectivity index (χ0) is 13.2. The van der Waals surface area contributed by atoms with E-state index in [9.17, 15) is 8.42 Å². The molecule has 98 valence electrons. The van der Waals surface area contributed by atoms with Gasteiger partial charge in [-0.3, -0.25) is 4.40 Å². The highest BCUT2D eigenvalue weighted by molar-refractivity contribution is 7.89. The molecule has 0 aromatic carbocycles. The van der Waals surface area contributed by atoms with Crippen molar-refractivity contribution in [3.63, 3.8) is 0 Å². The molecule has 2 rings (SSSR count). The summed E-state index contributed by atoms with van der Waals surface area (Å²) in [5, 5.41) is -0.0129. The van der Waals surface area contributed by atoms with Gasteiger partial charge >= 0.3 is 0 Å². The molecule has 7 heteroatoms. The Bertz CT molecular complexity index is 651. The Labute approximate surface area is 111 Å². The van der Waals surface area contributed by atoms with E-state index in [1.165, 1.54) is 4.40 Å². The first kappa shape index (κ1) is 13.3. The first-order chi connectivity index (χ1) is 8.56. The van der Waals surface area contributed by atoms with Gasteiger partial charge < -0.3 is 0 Å². The van der Waals surface area contributed by atoms with Gasteiger partial charge in [-0.1, -0.05) is 31.0 Å². The highest BCUT2D eigenvalue weighted by Gasteiger charge is 2.23. The lowest BCUT2D eigenvalue weighted by atomic mass is 10.3. The van der Waals surface area contributed by atoms with Crippen molar-refractivity contribution < 1.29 is 8.42 Å². The Morgan fingerprint density at radius 1 is 1.44 bits per heavy atom. The number of halogens is 1. The summed E-state index contributed by atoms with van der Waals surface area (Å²) in [6.45, 7) is 2.39. The molecule has 0 atom stereocenters. The largest absolute Gasteiger partial charge is 0.288 e. The van der Waals surface area contributed by atoms with E-state index in [-0.39, 0.29) is 10.2 Å². The number of unbranched alkanes of at least 4 members (excludes halogenated alkanes) is 1. The van der Waals surface area contributed by atoms with Gasteiger partial charge in [-0.2, -0.15) is 0 Å². The minimum atomic E-state index is -3.63. The lowest BCUT2D eigenvalue weighted by molar-refractivity contribution is 0.573. The van der Waals surface area contributed by atoms with Gasteiger partial charge in [-0.25, -0.2) is 18.1 Å². The molecule has 0 aliphatic rings. The van der Waals surface area contributed by atoms with E-state index in [2.05, 4.69) is 9.71 Å². The molecule has 1 N–H and O–H groups in total. The van der Waals surface area contributed by atoms with Crippen LogP contribution in [0.1, 0.15) is 19.8 Å². The van der Waals surface area contributed by atoms with E-state index in [1.807, 2.05) is 6.92 Å². The second-order valence-electron chi connectivity index (χ2n) is 3.89. The van der Waals surface area contributed by atoms with Crippen LogP contribution in [0.4, 0.5) is 0 Å². The van der Waals surface area contributed by atoms with E-state index in [0.717, 1.165) is 12.8 Å². The molecule has 0 bridgehead atoms. The van der Waals surface area contributed by atoms with Gasteiger partial charge in [-0.15, -0.1) is 0 Å². The maximum Gasteiger partial charge on any atom is 0.259 e.